The lowest BCUT2D eigenvalue weighted by Gasteiger charge is -2.20. The van der Waals surface area contributed by atoms with Crippen LogP contribution in [0.3, 0.4) is 0 Å². The van der Waals surface area contributed by atoms with Gasteiger partial charge in [0.15, 0.2) is 5.78 Å². The molecule has 174 valence electrons. The minimum atomic E-state index is -1.02. The maximum Gasteiger partial charge on any atom is 0.514 e. The highest BCUT2D eigenvalue weighted by Gasteiger charge is 2.12. The van der Waals surface area contributed by atoms with E-state index in [0.717, 1.165) is 5.69 Å². The average Bonchev–Trinajstić information content (AvgIpc) is 2.79. The zero-order valence-electron chi connectivity index (χ0n) is 18.2. The summed E-state index contributed by atoms with van der Waals surface area (Å²) < 4.78 is 14.9. The number of carbonyl (C=O) groups excluding carboxylic acids is 2. The van der Waals surface area contributed by atoms with Gasteiger partial charge in [-0.25, -0.2) is 4.79 Å². The number of rotatable bonds is 12. The van der Waals surface area contributed by atoms with Gasteiger partial charge in [0.1, 0.15) is 19.0 Å². The first-order valence-electron chi connectivity index (χ1n) is 9.83. The number of nitro benzene ring substituents is 1. The Morgan fingerprint density at radius 1 is 1.21 bits per heavy atom. The standard InChI is InChI=1S/C21H23N5O7/c1-25(11-3-4-18(27)14-31-2)17-6-5-15(20(12-17)23-24-22)13-32-21(28)33-19-9-7-16(8-10-19)26(29)30/h5-10,12H,3-4,11,13-14H2,1-2H3. The minimum Gasteiger partial charge on any atom is -0.429 e. The fourth-order valence-corrected chi connectivity index (χ4v) is 2.83. The van der Waals surface area contributed by atoms with E-state index >= 15 is 0 Å². The molecule has 0 spiro atoms. The van der Waals surface area contributed by atoms with Crippen molar-refractivity contribution in [3.8, 4) is 5.75 Å². The van der Waals surface area contributed by atoms with Gasteiger partial charge in [0.05, 0.1) is 4.92 Å². The molecule has 0 saturated heterocycles. The monoisotopic (exact) mass is 457 g/mol. The van der Waals surface area contributed by atoms with E-state index in [-0.39, 0.29) is 36.1 Å². The van der Waals surface area contributed by atoms with Crippen molar-refractivity contribution in [3.63, 3.8) is 0 Å². The molecule has 0 fully saturated rings. The van der Waals surface area contributed by atoms with Gasteiger partial charge in [-0.1, -0.05) is 11.2 Å². The van der Waals surface area contributed by atoms with Crippen LogP contribution in [0.5, 0.6) is 5.75 Å². The van der Waals surface area contributed by atoms with Gasteiger partial charge in [0.2, 0.25) is 0 Å². The Bertz CT molecular complexity index is 1040. The fraction of sp³-hybridized carbons (Fsp3) is 0.333. The molecule has 0 unspecified atom stereocenters. The van der Waals surface area contributed by atoms with Crippen LogP contribution in [0.15, 0.2) is 47.6 Å². The predicted octanol–water partition coefficient (Wildman–Crippen LogP) is 4.68. The fourth-order valence-electron chi connectivity index (χ4n) is 2.83. The smallest absolute Gasteiger partial charge is 0.429 e. The Morgan fingerprint density at radius 2 is 1.94 bits per heavy atom. The first-order chi connectivity index (χ1) is 15.8. The van der Waals surface area contributed by atoms with Crippen molar-refractivity contribution in [1.82, 2.24) is 0 Å². The number of hydrogen-bond acceptors (Lipinski definition) is 9. The first-order valence-corrected chi connectivity index (χ1v) is 9.83. The number of nitrogens with zero attached hydrogens (tertiary/aromatic N) is 5. The van der Waals surface area contributed by atoms with Gasteiger partial charge in [0.25, 0.3) is 5.69 Å². The van der Waals surface area contributed by atoms with Crippen molar-refractivity contribution in [3.05, 3.63) is 68.6 Å². The second-order valence-electron chi connectivity index (χ2n) is 6.89. The number of anilines is 1. The molecule has 2 rings (SSSR count). The molecule has 0 heterocycles. The van der Waals surface area contributed by atoms with Crippen LogP contribution in [0.25, 0.3) is 10.4 Å². The van der Waals surface area contributed by atoms with Gasteiger partial charge in [-0.15, -0.1) is 0 Å². The molecular formula is C21H23N5O7. The summed E-state index contributed by atoms with van der Waals surface area (Å²) >= 11 is 0. The van der Waals surface area contributed by atoms with Gasteiger partial charge in [-0.2, -0.15) is 0 Å². The van der Waals surface area contributed by atoms with Gasteiger partial charge in [0, 0.05) is 55.5 Å². The Balaban J connectivity index is 1.96. The third kappa shape index (κ3) is 8.13. The van der Waals surface area contributed by atoms with Crippen molar-refractivity contribution in [2.75, 3.05) is 32.2 Å². The number of benzene rings is 2. The quantitative estimate of drug-likeness (QED) is 0.0845. The van der Waals surface area contributed by atoms with E-state index in [1.54, 1.807) is 18.2 Å². The Morgan fingerprint density at radius 3 is 2.58 bits per heavy atom. The molecule has 2 aromatic carbocycles. The molecule has 0 atom stereocenters. The Labute approximate surface area is 189 Å². The lowest BCUT2D eigenvalue weighted by Crippen LogP contribution is -2.20. The highest BCUT2D eigenvalue weighted by molar-refractivity contribution is 5.79. The summed E-state index contributed by atoms with van der Waals surface area (Å²) in [4.78, 5) is 38.3. The summed E-state index contributed by atoms with van der Waals surface area (Å²) in [6.07, 6.45) is 0.0108. The van der Waals surface area contributed by atoms with E-state index in [0.29, 0.717) is 24.9 Å². The van der Waals surface area contributed by atoms with Crippen LogP contribution in [0.4, 0.5) is 21.9 Å². The molecule has 2 aromatic rings. The Hall–Kier alpha value is -4.15. The summed E-state index contributed by atoms with van der Waals surface area (Å²) in [6.45, 7) is 0.477. The maximum atomic E-state index is 11.9. The van der Waals surface area contributed by atoms with Crippen LogP contribution >= 0.6 is 0 Å². The van der Waals surface area contributed by atoms with Gasteiger partial charge >= 0.3 is 6.16 Å². The van der Waals surface area contributed by atoms with E-state index in [4.69, 9.17) is 19.7 Å². The zero-order valence-corrected chi connectivity index (χ0v) is 18.2. The number of azide groups is 1. The van der Waals surface area contributed by atoms with Crippen LogP contribution in [0.2, 0.25) is 0 Å². The summed E-state index contributed by atoms with van der Waals surface area (Å²) in [5.74, 6) is 0.107. The van der Waals surface area contributed by atoms with Crippen molar-refractivity contribution in [1.29, 1.82) is 0 Å². The molecule has 0 N–H and O–H groups in total. The summed E-state index contributed by atoms with van der Waals surface area (Å²) in [7, 11) is 3.32. The van der Waals surface area contributed by atoms with Gasteiger partial charge < -0.3 is 19.1 Å². The minimum absolute atomic E-state index is 0.0220. The summed E-state index contributed by atoms with van der Waals surface area (Å²) in [5, 5.41) is 14.3. The summed E-state index contributed by atoms with van der Waals surface area (Å²) in [5.41, 5.74) is 10.2. The third-order valence-corrected chi connectivity index (χ3v) is 4.51. The number of hydrogen-bond donors (Lipinski definition) is 0. The molecule has 0 radical (unpaired) electrons. The zero-order chi connectivity index (χ0) is 24.2. The normalized spacial score (nSPS) is 10.1. The van der Waals surface area contributed by atoms with E-state index in [2.05, 4.69) is 10.0 Å². The number of non-ortho nitro benzene ring substituents is 1. The topological polar surface area (TPSA) is 157 Å². The molecular weight excluding hydrogens is 434 g/mol. The van der Waals surface area contributed by atoms with Crippen LogP contribution < -0.4 is 9.64 Å². The lowest BCUT2D eigenvalue weighted by atomic mass is 10.1. The highest BCUT2D eigenvalue weighted by Crippen LogP contribution is 2.27. The van der Waals surface area contributed by atoms with Crippen LogP contribution in [0.1, 0.15) is 18.4 Å². The number of carbonyl (C=O) groups is 2. The molecule has 0 bridgehead atoms. The summed E-state index contributed by atoms with van der Waals surface area (Å²) in [6, 6.07) is 10.0. The highest BCUT2D eigenvalue weighted by atomic mass is 16.7. The number of ether oxygens (including phenoxy) is 3. The molecule has 0 aliphatic rings. The second-order valence-corrected chi connectivity index (χ2v) is 6.89. The van der Waals surface area contributed by atoms with E-state index < -0.39 is 11.1 Å². The van der Waals surface area contributed by atoms with E-state index in [9.17, 15) is 19.7 Å². The number of ketones is 1. The molecule has 0 aromatic heterocycles. The van der Waals surface area contributed by atoms with Crippen molar-refractivity contribution in [2.24, 2.45) is 5.11 Å². The van der Waals surface area contributed by atoms with Crippen molar-refractivity contribution >= 4 is 29.0 Å². The molecule has 33 heavy (non-hydrogen) atoms. The molecule has 12 heteroatoms. The number of nitro groups is 1. The Kier molecular flexibility index (Phi) is 9.62. The van der Waals surface area contributed by atoms with Crippen LogP contribution in [0, 0.1) is 10.1 Å². The molecule has 12 nitrogen and oxygen atoms in total. The van der Waals surface area contributed by atoms with Gasteiger partial charge in [-0.3, -0.25) is 14.9 Å². The lowest BCUT2D eigenvalue weighted by molar-refractivity contribution is -0.384. The van der Waals surface area contributed by atoms with E-state index in [1.807, 2.05) is 11.9 Å². The molecule has 0 aliphatic heterocycles. The van der Waals surface area contributed by atoms with Crippen molar-refractivity contribution < 1.29 is 28.7 Å². The van der Waals surface area contributed by atoms with Crippen LogP contribution in [-0.4, -0.2) is 44.2 Å². The van der Waals surface area contributed by atoms with Crippen LogP contribution in [-0.2, 0) is 20.9 Å². The van der Waals surface area contributed by atoms with Gasteiger partial charge in [-0.05, 0) is 41.8 Å². The molecule has 0 saturated carbocycles. The molecule has 0 aliphatic carbocycles. The molecule has 0 amide bonds. The number of methoxy groups -OCH3 is 1. The second kappa shape index (κ2) is 12.6. The predicted molar refractivity (Wildman–Crippen MR) is 119 cm³/mol. The first kappa shape index (κ1) is 25.1. The van der Waals surface area contributed by atoms with Crippen molar-refractivity contribution in [2.45, 2.75) is 19.4 Å². The SMILES string of the molecule is COCC(=O)CCCN(C)c1ccc(COC(=O)Oc2ccc([N+](=O)[O-])cc2)c(N=[N+]=[N-])c1. The van der Waals surface area contributed by atoms with E-state index in [1.165, 1.54) is 31.4 Å². The average molecular weight is 457 g/mol. The maximum absolute atomic E-state index is 11.9. The third-order valence-electron chi connectivity index (χ3n) is 4.51. The number of Topliss-reactive ketones (excluding diaryl/α,β-unsaturated/α-hetero) is 1. The largest absolute Gasteiger partial charge is 0.514 e.